The van der Waals surface area contributed by atoms with Crippen molar-refractivity contribution in [3.8, 4) is 5.75 Å². The number of amides is 2. The number of benzene rings is 2. The summed E-state index contributed by atoms with van der Waals surface area (Å²) in [6.45, 7) is -0.389. The van der Waals surface area contributed by atoms with Crippen molar-refractivity contribution in [1.29, 1.82) is 0 Å². The molecule has 0 unspecified atom stereocenters. The molecule has 5 nitrogen and oxygen atoms in total. The maximum atomic E-state index is 13.3. The Balaban J connectivity index is 1.61. The van der Waals surface area contributed by atoms with Gasteiger partial charge in [-0.2, -0.15) is 0 Å². The van der Waals surface area contributed by atoms with Crippen molar-refractivity contribution < 1.29 is 18.7 Å². The minimum absolute atomic E-state index is 0.0155. The third-order valence-corrected chi connectivity index (χ3v) is 3.89. The van der Waals surface area contributed by atoms with Crippen molar-refractivity contribution in [2.75, 3.05) is 12.4 Å². The van der Waals surface area contributed by atoms with Gasteiger partial charge in [0.2, 0.25) is 5.91 Å². The summed E-state index contributed by atoms with van der Waals surface area (Å²) >= 11 is 1.55. The Bertz CT molecular complexity index is 683. The highest BCUT2D eigenvalue weighted by atomic mass is 32.2. The van der Waals surface area contributed by atoms with E-state index < -0.39 is 11.7 Å². The van der Waals surface area contributed by atoms with Gasteiger partial charge in [0.15, 0.2) is 18.2 Å². The molecule has 0 aliphatic heterocycles. The van der Waals surface area contributed by atoms with Crippen molar-refractivity contribution in [3.63, 3.8) is 0 Å². The SMILES string of the molecule is O=C(CCSc1ccccc1)NNC(=O)COc1ccccc1F. The molecular weight excluding hydrogens is 331 g/mol. The van der Waals surface area contributed by atoms with Crippen LogP contribution in [0.1, 0.15) is 6.42 Å². The molecule has 7 heteroatoms. The highest BCUT2D eigenvalue weighted by Crippen LogP contribution is 2.17. The van der Waals surface area contributed by atoms with Gasteiger partial charge in [-0.3, -0.25) is 20.4 Å². The van der Waals surface area contributed by atoms with E-state index in [9.17, 15) is 14.0 Å². The van der Waals surface area contributed by atoms with Gasteiger partial charge in [0, 0.05) is 17.1 Å². The number of thioether (sulfide) groups is 1. The zero-order valence-corrected chi connectivity index (χ0v) is 13.6. The van der Waals surface area contributed by atoms with Crippen LogP contribution in [0.5, 0.6) is 5.75 Å². The average Bonchev–Trinajstić information content (AvgIpc) is 2.60. The first-order valence-electron chi connectivity index (χ1n) is 7.28. The van der Waals surface area contributed by atoms with Gasteiger partial charge in [-0.15, -0.1) is 11.8 Å². The minimum atomic E-state index is -0.567. The van der Waals surface area contributed by atoms with Crippen LogP contribution in [-0.4, -0.2) is 24.2 Å². The molecule has 2 aromatic rings. The Morgan fingerprint density at radius 3 is 2.38 bits per heavy atom. The molecule has 0 saturated heterocycles. The topological polar surface area (TPSA) is 67.4 Å². The standard InChI is InChI=1S/C17H17FN2O3S/c18-14-8-4-5-9-15(14)23-12-17(22)20-19-16(21)10-11-24-13-6-2-1-3-7-13/h1-9H,10-12H2,(H,19,21)(H,20,22). The summed E-state index contributed by atoms with van der Waals surface area (Å²) in [5.74, 6) is -0.845. The Labute approximate surface area is 143 Å². The quantitative estimate of drug-likeness (QED) is 0.596. The molecule has 0 aliphatic rings. The smallest absolute Gasteiger partial charge is 0.276 e. The second-order valence-electron chi connectivity index (χ2n) is 4.73. The number of ether oxygens (including phenoxy) is 1. The van der Waals surface area contributed by atoms with Gasteiger partial charge in [0.1, 0.15) is 0 Å². The molecule has 2 N–H and O–H groups in total. The fourth-order valence-electron chi connectivity index (χ4n) is 1.72. The van der Waals surface area contributed by atoms with Gasteiger partial charge in [0.25, 0.3) is 5.91 Å². The first kappa shape index (κ1) is 17.8. The zero-order chi connectivity index (χ0) is 17.2. The summed E-state index contributed by atoms with van der Waals surface area (Å²) in [7, 11) is 0. The lowest BCUT2D eigenvalue weighted by atomic mass is 10.3. The van der Waals surface area contributed by atoms with E-state index in [2.05, 4.69) is 10.9 Å². The van der Waals surface area contributed by atoms with Crippen LogP contribution >= 0.6 is 11.8 Å². The van der Waals surface area contributed by atoms with Gasteiger partial charge in [-0.05, 0) is 24.3 Å². The van der Waals surface area contributed by atoms with Crippen LogP contribution in [0.4, 0.5) is 4.39 Å². The van der Waals surface area contributed by atoms with Crippen molar-refractivity contribution in [2.24, 2.45) is 0 Å². The van der Waals surface area contributed by atoms with Gasteiger partial charge in [-0.1, -0.05) is 30.3 Å². The normalized spacial score (nSPS) is 10.0. The molecule has 24 heavy (non-hydrogen) atoms. The van der Waals surface area contributed by atoms with E-state index in [-0.39, 0.29) is 24.7 Å². The van der Waals surface area contributed by atoms with E-state index in [0.717, 1.165) is 4.90 Å². The van der Waals surface area contributed by atoms with Gasteiger partial charge < -0.3 is 4.74 Å². The molecule has 0 aliphatic carbocycles. The lowest BCUT2D eigenvalue weighted by molar-refractivity contribution is -0.129. The number of carbonyl (C=O) groups is 2. The molecule has 0 saturated carbocycles. The van der Waals surface area contributed by atoms with Crippen molar-refractivity contribution in [2.45, 2.75) is 11.3 Å². The summed E-state index contributed by atoms with van der Waals surface area (Å²) in [6.07, 6.45) is 0.258. The number of halogens is 1. The third-order valence-electron chi connectivity index (χ3n) is 2.88. The van der Waals surface area contributed by atoms with E-state index in [4.69, 9.17) is 4.74 Å². The van der Waals surface area contributed by atoms with Crippen molar-refractivity contribution >= 4 is 23.6 Å². The van der Waals surface area contributed by atoms with E-state index in [1.807, 2.05) is 30.3 Å². The lowest BCUT2D eigenvalue weighted by Crippen LogP contribution is -2.43. The molecule has 0 atom stereocenters. The number of carbonyl (C=O) groups excluding carboxylic acids is 2. The summed E-state index contributed by atoms with van der Waals surface area (Å²) in [4.78, 5) is 24.3. The maximum absolute atomic E-state index is 13.3. The first-order valence-corrected chi connectivity index (χ1v) is 8.26. The predicted octanol–water partition coefficient (Wildman–Crippen LogP) is 2.53. The second-order valence-corrected chi connectivity index (χ2v) is 5.90. The summed E-state index contributed by atoms with van der Waals surface area (Å²) in [5.41, 5.74) is 4.52. The minimum Gasteiger partial charge on any atom is -0.481 e. The molecule has 2 rings (SSSR count). The van der Waals surface area contributed by atoms with Crippen LogP contribution in [0.15, 0.2) is 59.5 Å². The fraction of sp³-hybridized carbons (Fsp3) is 0.176. The number of hydrogen-bond acceptors (Lipinski definition) is 4. The number of hydrogen-bond donors (Lipinski definition) is 2. The maximum Gasteiger partial charge on any atom is 0.276 e. The molecule has 0 heterocycles. The molecule has 0 spiro atoms. The molecule has 0 radical (unpaired) electrons. The Hall–Kier alpha value is -2.54. The van der Waals surface area contributed by atoms with Crippen LogP contribution in [0.3, 0.4) is 0 Å². The Morgan fingerprint density at radius 1 is 0.958 bits per heavy atom. The molecule has 2 amide bonds. The van der Waals surface area contributed by atoms with E-state index in [1.165, 1.54) is 18.2 Å². The summed E-state index contributed by atoms with van der Waals surface area (Å²) in [6, 6.07) is 15.5. The van der Waals surface area contributed by atoms with Crippen LogP contribution in [0, 0.1) is 5.82 Å². The van der Waals surface area contributed by atoms with Crippen LogP contribution in [0.2, 0.25) is 0 Å². The van der Waals surface area contributed by atoms with E-state index >= 15 is 0 Å². The Kier molecular flexibility index (Phi) is 7.10. The number of nitrogens with one attached hydrogen (secondary N) is 2. The molecular formula is C17H17FN2O3S. The second kappa shape index (κ2) is 9.57. The van der Waals surface area contributed by atoms with Crippen LogP contribution in [-0.2, 0) is 9.59 Å². The van der Waals surface area contributed by atoms with Crippen molar-refractivity contribution in [1.82, 2.24) is 10.9 Å². The lowest BCUT2D eigenvalue weighted by Gasteiger charge is -2.09. The highest BCUT2D eigenvalue weighted by Gasteiger charge is 2.08. The Morgan fingerprint density at radius 2 is 1.62 bits per heavy atom. The average molecular weight is 348 g/mol. The summed E-state index contributed by atoms with van der Waals surface area (Å²) < 4.78 is 18.3. The largest absolute Gasteiger partial charge is 0.481 e. The van der Waals surface area contributed by atoms with Gasteiger partial charge >= 0.3 is 0 Å². The molecule has 0 bridgehead atoms. The molecule has 126 valence electrons. The molecule has 2 aromatic carbocycles. The highest BCUT2D eigenvalue weighted by molar-refractivity contribution is 7.99. The van der Waals surface area contributed by atoms with E-state index in [0.29, 0.717) is 5.75 Å². The molecule has 0 fully saturated rings. The van der Waals surface area contributed by atoms with Gasteiger partial charge in [-0.25, -0.2) is 4.39 Å². The predicted molar refractivity (Wildman–Crippen MR) is 90.0 cm³/mol. The zero-order valence-electron chi connectivity index (χ0n) is 12.8. The van der Waals surface area contributed by atoms with Gasteiger partial charge in [0.05, 0.1) is 0 Å². The number of rotatable bonds is 7. The third kappa shape index (κ3) is 6.29. The molecule has 0 aromatic heterocycles. The summed E-state index contributed by atoms with van der Waals surface area (Å²) in [5, 5.41) is 0. The number of hydrazine groups is 1. The van der Waals surface area contributed by atoms with Crippen molar-refractivity contribution in [3.05, 3.63) is 60.4 Å². The van der Waals surface area contributed by atoms with Crippen LogP contribution < -0.4 is 15.6 Å². The fourth-order valence-corrected chi connectivity index (χ4v) is 2.59. The monoisotopic (exact) mass is 348 g/mol. The number of para-hydroxylation sites is 1. The first-order chi connectivity index (χ1) is 11.6. The van der Waals surface area contributed by atoms with E-state index in [1.54, 1.807) is 17.8 Å². The van der Waals surface area contributed by atoms with Crippen LogP contribution in [0.25, 0.3) is 0 Å².